The molecule has 132 valence electrons. The van der Waals surface area contributed by atoms with Gasteiger partial charge in [-0.25, -0.2) is 4.79 Å². The second kappa shape index (κ2) is 7.19. The maximum absolute atomic E-state index is 12.7. The normalized spacial score (nSPS) is 20.2. The van der Waals surface area contributed by atoms with Gasteiger partial charge < -0.3 is 19.2 Å². The zero-order chi connectivity index (χ0) is 17.1. The molecule has 2 fully saturated rings. The Kier molecular flexibility index (Phi) is 5.01. The largest absolute Gasteiger partial charge is 0.343 e. The Labute approximate surface area is 141 Å². The van der Waals surface area contributed by atoms with Crippen LogP contribution in [-0.2, 0) is 4.79 Å². The number of urea groups is 1. The number of aromatic nitrogens is 2. The smallest absolute Gasteiger partial charge is 0.319 e. The van der Waals surface area contributed by atoms with Crippen LogP contribution < -0.4 is 0 Å². The van der Waals surface area contributed by atoms with E-state index in [1.54, 1.807) is 19.0 Å². The molecule has 24 heavy (non-hydrogen) atoms. The van der Waals surface area contributed by atoms with E-state index in [9.17, 15) is 9.59 Å². The minimum absolute atomic E-state index is 0.0295. The van der Waals surface area contributed by atoms with Gasteiger partial charge in [0.2, 0.25) is 12.3 Å². The molecule has 2 saturated heterocycles. The third-order valence-electron chi connectivity index (χ3n) is 5.05. The summed E-state index contributed by atoms with van der Waals surface area (Å²) in [5.41, 5.74) is 0. The molecule has 3 rings (SSSR count). The molecular weight excluding hydrogens is 310 g/mol. The molecule has 0 spiro atoms. The molecule has 0 unspecified atom stereocenters. The summed E-state index contributed by atoms with van der Waals surface area (Å²) in [6, 6.07) is 0.0295. The molecule has 0 aromatic carbocycles. The lowest BCUT2D eigenvalue weighted by molar-refractivity contribution is -0.138. The number of piperidine rings is 2. The Morgan fingerprint density at radius 2 is 1.71 bits per heavy atom. The van der Waals surface area contributed by atoms with Gasteiger partial charge in [0.25, 0.3) is 0 Å². The highest BCUT2D eigenvalue weighted by Crippen LogP contribution is 2.28. The van der Waals surface area contributed by atoms with Gasteiger partial charge in [0.05, 0.1) is 0 Å². The standard InChI is InChI=1S/C16H25N5O3/c1-19(2)16(23)21-9-5-13(6-10-21)15(22)20-7-3-12(4-8-20)14-17-11-24-18-14/h11-13H,3-10H2,1-2H3. The minimum atomic E-state index is 0.0295. The van der Waals surface area contributed by atoms with Crippen LogP contribution in [0.25, 0.3) is 0 Å². The van der Waals surface area contributed by atoms with E-state index in [2.05, 4.69) is 10.1 Å². The first kappa shape index (κ1) is 16.7. The van der Waals surface area contributed by atoms with Gasteiger partial charge in [0.15, 0.2) is 5.82 Å². The summed E-state index contributed by atoms with van der Waals surface area (Å²) < 4.78 is 4.81. The Balaban J connectivity index is 1.47. The molecule has 0 bridgehead atoms. The van der Waals surface area contributed by atoms with Crippen molar-refractivity contribution in [2.24, 2.45) is 5.92 Å². The van der Waals surface area contributed by atoms with Crippen LogP contribution in [0.3, 0.4) is 0 Å². The Morgan fingerprint density at radius 1 is 1.08 bits per heavy atom. The summed E-state index contributed by atoms with van der Waals surface area (Å²) >= 11 is 0. The Bertz CT molecular complexity index is 558. The molecule has 3 amide bonds. The molecule has 0 saturated carbocycles. The van der Waals surface area contributed by atoms with Crippen molar-refractivity contribution in [3.05, 3.63) is 12.2 Å². The molecule has 0 N–H and O–H groups in total. The lowest BCUT2D eigenvalue weighted by Gasteiger charge is -2.37. The van der Waals surface area contributed by atoms with Crippen molar-refractivity contribution in [3.63, 3.8) is 0 Å². The molecule has 1 aromatic rings. The van der Waals surface area contributed by atoms with Crippen molar-refractivity contribution in [2.45, 2.75) is 31.6 Å². The van der Waals surface area contributed by atoms with Crippen molar-refractivity contribution in [1.29, 1.82) is 0 Å². The highest BCUT2D eigenvalue weighted by atomic mass is 16.5. The number of hydrogen-bond acceptors (Lipinski definition) is 5. The first-order valence-electron chi connectivity index (χ1n) is 8.57. The Morgan fingerprint density at radius 3 is 2.25 bits per heavy atom. The predicted octanol–water partition coefficient (Wildman–Crippen LogP) is 1.17. The van der Waals surface area contributed by atoms with Gasteiger partial charge in [-0.2, -0.15) is 4.98 Å². The molecule has 2 aliphatic heterocycles. The minimum Gasteiger partial charge on any atom is -0.343 e. The number of rotatable bonds is 2. The second-order valence-electron chi connectivity index (χ2n) is 6.83. The van der Waals surface area contributed by atoms with Gasteiger partial charge in [0, 0.05) is 52.1 Å². The lowest BCUT2D eigenvalue weighted by Crippen LogP contribution is -2.48. The molecule has 1 aromatic heterocycles. The van der Waals surface area contributed by atoms with Gasteiger partial charge in [-0.3, -0.25) is 4.79 Å². The summed E-state index contributed by atoms with van der Waals surface area (Å²) in [4.78, 5) is 34.2. The summed E-state index contributed by atoms with van der Waals surface area (Å²) in [5, 5.41) is 3.91. The van der Waals surface area contributed by atoms with Crippen LogP contribution in [0.1, 0.15) is 37.4 Å². The van der Waals surface area contributed by atoms with E-state index in [1.807, 2.05) is 9.80 Å². The van der Waals surface area contributed by atoms with E-state index in [4.69, 9.17) is 4.52 Å². The number of hydrogen-bond donors (Lipinski definition) is 0. The van der Waals surface area contributed by atoms with Crippen LogP contribution >= 0.6 is 0 Å². The van der Waals surface area contributed by atoms with Crippen molar-refractivity contribution < 1.29 is 14.1 Å². The summed E-state index contributed by atoms with van der Waals surface area (Å²) in [7, 11) is 3.51. The maximum atomic E-state index is 12.7. The third kappa shape index (κ3) is 3.52. The van der Waals surface area contributed by atoms with Gasteiger partial charge in [0.1, 0.15) is 0 Å². The van der Waals surface area contributed by atoms with Crippen molar-refractivity contribution >= 4 is 11.9 Å². The van der Waals surface area contributed by atoms with Crippen LogP contribution in [0, 0.1) is 5.92 Å². The van der Waals surface area contributed by atoms with Crippen LogP contribution in [0.15, 0.2) is 10.9 Å². The Hall–Kier alpha value is -2.12. The quantitative estimate of drug-likeness (QED) is 0.810. The van der Waals surface area contributed by atoms with E-state index in [-0.39, 0.29) is 23.8 Å². The number of likely N-dealkylation sites (tertiary alicyclic amines) is 2. The molecule has 0 atom stereocenters. The molecule has 0 radical (unpaired) electrons. The third-order valence-corrected chi connectivity index (χ3v) is 5.05. The zero-order valence-corrected chi connectivity index (χ0v) is 14.3. The van der Waals surface area contributed by atoms with E-state index >= 15 is 0 Å². The van der Waals surface area contributed by atoms with Crippen molar-refractivity contribution in [2.75, 3.05) is 40.3 Å². The predicted molar refractivity (Wildman–Crippen MR) is 86.2 cm³/mol. The van der Waals surface area contributed by atoms with Crippen molar-refractivity contribution in [3.8, 4) is 0 Å². The monoisotopic (exact) mass is 335 g/mol. The number of nitrogens with zero attached hydrogens (tertiary/aromatic N) is 5. The fourth-order valence-corrected chi connectivity index (χ4v) is 3.58. The van der Waals surface area contributed by atoms with Gasteiger partial charge in [-0.1, -0.05) is 5.16 Å². The molecule has 2 aliphatic rings. The van der Waals surface area contributed by atoms with Crippen LogP contribution in [-0.4, -0.2) is 77.1 Å². The number of amides is 3. The first-order chi connectivity index (χ1) is 11.6. The molecule has 8 heteroatoms. The van der Waals surface area contributed by atoms with E-state index in [1.165, 1.54) is 6.39 Å². The molecule has 3 heterocycles. The number of carbonyl (C=O) groups is 2. The van der Waals surface area contributed by atoms with Crippen LogP contribution in [0.5, 0.6) is 0 Å². The zero-order valence-electron chi connectivity index (χ0n) is 14.3. The van der Waals surface area contributed by atoms with Gasteiger partial charge >= 0.3 is 6.03 Å². The van der Waals surface area contributed by atoms with Crippen LogP contribution in [0.2, 0.25) is 0 Å². The molecular formula is C16H25N5O3. The first-order valence-corrected chi connectivity index (χ1v) is 8.57. The van der Waals surface area contributed by atoms with E-state index in [0.717, 1.165) is 44.6 Å². The number of carbonyl (C=O) groups excluding carboxylic acids is 2. The average molecular weight is 335 g/mol. The lowest BCUT2D eigenvalue weighted by atomic mass is 9.92. The summed E-state index contributed by atoms with van der Waals surface area (Å²) in [5.74, 6) is 1.31. The van der Waals surface area contributed by atoms with Gasteiger partial charge in [-0.15, -0.1) is 0 Å². The van der Waals surface area contributed by atoms with Crippen LogP contribution in [0.4, 0.5) is 4.79 Å². The van der Waals surface area contributed by atoms with Crippen molar-refractivity contribution in [1.82, 2.24) is 24.8 Å². The summed E-state index contributed by atoms with van der Waals surface area (Å²) in [6.45, 7) is 2.81. The molecule has 8 nitrogen and oxygen atoms in total. The molecule has 0 aliphatic carbocycles. The average Bonchev–Trinajstić information content (AvgIpc) is 3.15. The fraction of sp³-hybridized carbons (Fsp3) is 0.750. The maximum Gasteiger partial charge on any atom is 0.319 e. The topological polar surface area (TPSA) is 82.8 Å². The SMILES string of the molecule is CN(C)C(=O)N1CCC(C(=O)N2CCC(c3ncon3)CC2)CC1. The van der Waals surface area contributed by atoms with E-state index < -0.39 is 0 Å². The fourth-order valence-electron chi connectivity index (χ4n) is 3.58. The van der Waals surface area contributed by atoms with E-state index in [0.29, 0.717) is 13.1 Å². The highest BCUT2D eigenvalue weighted by Gasteiger charge is 2.33. The van der Waals surface area contributed by atoms with Gasteiger partial charge in [-0.05, 0) is 25.7 Å². The highest BCUT2D eigenvalue weighted by molar-refractivity contribution is 5.80. The summed E-state index contributed by atoms with van der Waals surface area (Å²) in [6.07, 6.45) is 4.62. The second-order valence-corrected chi connectivity index (χ2v) is 6.83.